The van der Waals surface area contributed by atoms with E-state index < -0.39 is 39.0 Å². The number of rotatable bonds is 3. The Bertz CT molecular complexity index is 1210. The van der Waals surface area contributed by atoms with Crippen molar-refractivity contribution in [1.29, 1.82) is 0 Å². The van der Waals surface area contributed by atoms with Gasteiger partial charge in [-0.2, -0.15) is 4.31 Å². The van der Waals surface area contributed by atoms with E-state index in [0.29, 0.717) is 24.0 Å². The summed E-state index contributed by atoms with van der Waals surface area (Å²) in [6.45, 7) is 3.90. The van der Waals surface area contributed by atoms with E-state index in [2.05, 4.69) is 0 Å². The highest BCUT2D eigenvalue weighted by Gasteiger charge is 2.63. The molecule has 0 unspecified atom stereocenters. The molecule has 0 N–H and O–H groups in total. The second-order valence-corrected chi connectivity index (χ2v) is 11.3. The van der Waals surface area contributed by atoms with Gasteiger partial charge in [0.2, 0.25) is 10.0 Å². The van der Waals surface area contributed by atoms with Crippen LogP contribution in [0.1, 0.15) is 49.8 Å². The van der Waals surface area contributed by atoms with Crippen LogP contribution in [0.15, 0.2) is 47.4 Å². The highest BCUT2D eigenvalue weighted by atomic mass is 32.2. The van der Waals surface area contributed by atoms with Gasteiger partial charge >= 0.3 is 0 Å². The fraction of sp³-hybridized carbons (Fsp3) is 0.458. The number of hydrogen-bond donors (Lipinski definition) is 0. The molecule has 176 valence electrons. The molecule has 3 saturated heterocycles. The standard InChI is InChI=1S/C24H26F2N2O4S/c1-16-5-3-4-6-21(16)33(30,31)27-11-9-24(10-12-27)22(29)28-20(7-8-23(28,2)32-24)17-13-18(25)15-19(26)14-17/h3-6,13-15,20H,7-12H2,1-2H3/t20-,23+/m0/s1. The first-order valence-electron chi connectivity index (χ1n) is 11.1. The van der Waals surface area contributed by atoms with E-state index >= 15 is 0 Å². The maximum Gasteiger partial charge on any atom is 0.257 e. The predicted octanol–water partition coefficient (Wildman–Crippen LogP) is 3.91. The zero-order valence-electron chi connectivity index (χ0n) is 18.6. The Balaban J connectivity index is 1.39. The lowest BCUT2D eigenvalue weighted by molar-refractivity contribution is -0.146. The van der Waals surface area contributed by atoms with Crippen LogP contribution in [0.25, 0.3) is 0 Å². The van der Waals surface area contributed by atoms with E-state index in [-0.39, 0.29) is 36.7 Å². The van der Waals surface area contributed by atoms with Crippen LogP contribution in [0, 0.1) is 18.6 Å². The molecule has 1 amide bonds. The second kappa shape index (κ2) is 7.58. The Hall–Kier alpha value is -2.36. The molecular weight excluding hydrogens is 450 g/mol. The fourth-order valence-electron chi connectivity index (χ4n) is 5.60. The van der Waals surface area contributed by atoms with Gasteiger partial charge in [-0.05, 0) is 68.9 Å². The van der Waals surface area contributed by atoms with Gasteiger partial charge in [-0.1, -0.05) is 18.2 Å². The topological polar surface area (TPSA) is 66.9 Å². The van der Waals surface area contributed by atoms with Gasteiger partial charge in [0.15, 0.2) is 5.60 Å². The Morgan fingerprint density at radius 2 is 1.67 bits per heavy atom. The average Bonchev–Trinajstić information content (AvgIpc) is 3.18. The SMILES string of the molecule is Cc1ccccc1S(=O)(=O)N1CCC2(CC1)O[C@]1(C)CC[C@@H](c3cc(F)cc(F)c3)N1C2=O. The van der Waals surface area contributed by atoms with E-state index in [1.807, 2.05) is 6.92 Å². The molecule has 2 aromatic carbocycles. The first kappa shape index (κ1) is 22.4. The molecular formula is C24H26F2N2O4S. The summed E-state index contributed by atoms with van der Waals surface area (Å²) in [5.41, 5.74) is -0.937. The van der Waals surface area contributed by atoms with Crippen molar-refractivity contribution in [2.45, 2.75) is 61.8 Å². The van der Waals surface area contributed by atoms with Gasteiger partial charge in [0.05, 0.1) is 10.9 Å². The van der Waals surface area contributed by atoms with Gasteiger partial charge < -0.3 is 9.64 Å². The number of carbonyl (C=O) groups is 1. The number of amides is 1. The second-order valence-electron chi connectivity index (χ2n) is 9.37. The normalized spacial score (nSPS) is 27.3. The summed E-state index contributed by atoms with van der Waals surface area (Å²) in [6, 6.07) is 9.68. The van der Waals surface area contributed by atoms with Crippen LogP contribution in [-0.4, -0.2) is 47.9 Å². The number of piperidine rings is 1. The van der Waals surface area contributed by atoms with E-state index in [0.717, 1.165) is 6.07 Å². The number of sulfonamides is 1. The lowest BCUT2D eigenvalue weighted by Gasteiger charge is -2.37. The van der Waals surface area contributed by atoms with Crippen LogP contribution in [-0.2, 0) is 19.6 Å². The molecule has 0 aromatic heterocycles. The number of aryl methyl sites for hydroxylation is 1. The van der Waals surface area contributed by atoms with Crippen LogP contribution in [0.2, 0.25) is 0 Å². The lowest BCUT2D eigenvalue weighted by Crippen LogP contribution is -2.51. The van der Waals surface area contributed by atoms with E-state index in [1.165, 1.54) is 16.4 Å². The van der Waals surface area contributed by atoms with Gasteiger partial charge in [0.1, 0.15) is 17.4 Å². The van der Waals surface area contributed by atoms with Crippen molar-refractivity contribution in [2.24, 2.45) is 0 Å². The number of nitrogens with zero attached hydrogens (tertiary/aromatic N) is 2. The number of fused-ring (bicyclic) bond motifs is 1. The molecule has 3 aliphatic heterocycles. The van der Waals surface area contributed by atoms with Crippen molar-refractivity contribution in [3.63, 3.8) is 0 Å². The summed E-state index contributed by atoms with van der Waals surface area (Å²) in [4.78, 5) is 15.5. The van der Waals surface area contributed by atoms with Crippen molar-refractivity contribution in [2.75, 3.05) is 13.1 Å². The number of benzene rings is 2. The molecule has 3 aliphatic rings. The van der Waals surface area contributed by atoms with Crippen LogP contribution in [0.5, 0.6) is 0 Å². The summed E-state index contributed by atoms with van der Waals surface area (Å²) in [6.07, 6.45) is 1.53. The largest absolute Gasteiger partial charge is 0.339 e. The molecule has 33 heavy (non-hydrogen) atoms. The molecule has 9 heteroatoms. The Morgan fingerprint density at radius 3 is 2.30 bits per heavy atom. The average molecular weight is 477 g/mol. The Labute approximate surface area is 192 Å². The first-order valence-corrected chi connectivity index (χ1v) is 12.6. The van der Waals surface area contributed by atoms with Gasteiger partial charge in [-0.3, -0.25) is 4.79 Å². The van der Waals surface area contributed by atoms with E-state index in [4.69, 9.17) is 4.74 Å². The summed E-state index contributed by atoms with van der Waals surface area (Å²) in [5, 5.41) is 0. The minimum absolute atomic E-state index is 0.158. The summed E-state index contributed by atoms with van der Waals surface area (Å²) in [5.74, 6) is -1.60. The molecule has 0 saturated carbocycles. The molecule has 2 atom stereocenters. The monoisotopic (exact) mass is 476 g/mol. The minimum Gasteiger partial charge on any atom is -0.339 e. The number of halogens is 2. The van der Waals surface area contributed by atoms with Gasteiger partial charge in [-0.25, -0.2) is 17.2 Å². The zero-order chi connectivity index (χ0) is 23.6. The summed E-state index contributed by atoms with van der Waals surface area (Å²) < 4.78 is 61.8. The third-order valence-corrected chi connectivity index (χ3v) is 9.30. The van der Waals surface area contributed by atoms with E-state index in [1.54, 1.807) is 36.1 Å². The maximum absolute atomic E-state index is 13.9. The van der Waals surface area contributed by atoms with Crippen LogP contribution in [0.4, 0.5) is 8.78 Å². The molecule has 0 bridgehead atoms. The van der Waals surface area contributed by atoms with Crippen molar-refractivity contribution in [3.05, 3.63) is 65.2 Å². The van der Waals surface area contributed by atoms with Crippen LogP contribution < -0.4 is 0 Å². The molecule has 1 spiro atoms. The van der Waals surface area contributed by atoms with Crippen molar-refractivity contribution < 1.29 is 26.7 Å². The Kier molecular flexibility index (Phi) is 5.15. The molecule has 5 rings (SSSR count). The number of carbonyl (C=O) groups excluding carboxylic acids is 1. The third kappa shape index (κ3) is 3.48. The molecule has 0 radical (unpaired) electrons. The minimum atomic E-state index is -3.68. The highest BCUT2D eigenvalue weighted by Crippen LogP contribution is 2.53. The maximum atomic E-state index is 13.9. The third-order valence-electron chi connectivity index (χ3n) is 7.24. The number of ether oxygens (including phenoxy) is 1. The van der Waals surface area contributed by atoms with Crippen molar-refractivity contribution in [3.8, 4) is 0 Å². The molecule has 3 heterocycles. The van der Waals surface area contributed by atoms with Crippen LogP contribution >= 0.6 is 0 Å². The van der Waals surface area contributed by atoms with E-state index in [9.17, 15) is 22.0 Å². The van der Waals surface area contributed by atoms with Crippen molar-refractivity contribution >= 4 is 15.9 Å². The van der Waals surface area contributed by atoms with Gasteiger partial charge in [0.25, 0.3) is 5.91 Å². The van der Waals surface area contributed by atoms with Gasteiger partial charge in [-0.15, -0.1) is 0 Å². The fourth-order valence-corrected chi connectivity index (χ4v) is 7.26. The van der Waals surface area contributed by atoms with Gasteiger partial charge in [0, 0.05) is 19.2 Å². The Morgan fingerprint density at radius 1 is 1.03 bits per heavy atom. The molecule has 2 aromatic rings. The molecule has 0 aliphatic carbocycles. The smallest absolute Gasteiger partial charge is 0.257 e. The van der Waals surface area contributed by atoms with Crippen LogP contribution in [0.3, 0.4) is 0 Å². The molecule has 3 fully saturated rings. The summed E-state index contributed by atoms with van der Waals surface area (Å²) in [7, 11) is -3.68. The zero-order valence-corrected chi connectivity index (χ0v) is 19.4. The highest BCUT2D eigenvalue weighted by molar-refractivity contribution is 7.89. The predicted molar refractivity (Wildman–Crippen MR) is 117 cm³/mol. The summed E-state index contributed by atoms with van der Waals surface area (Å²) >= 11 is 0. The van der Waals surface area contributed by atoms with Crippen molar-refractivity contribution in [1.82, 2.24) is 9.21 Å². The quantitative estimate of drug-likeness (QED) is 0.674. The number of hydrogen-bond acceptors (Lipinski definition) is 4. The molecule has 6 nitrogen and oxygen atoms in total. The first-order chi connectivity index (χ1) is 15.6. The lowest BCUT2D eigenvalue weighted by atomic mass is 9.90.